The molecule has 2 heterocycles. The largest absolute Gasteiger partial charge is 0.464 e. The lowest BCUT2D eigenvalue weighted by Gasteiger charge is -2.30. The van der Waals surface area contributed by atoms with Crippen LogP contribution in [0, 0.1) is 17.0 Å². The number of anilines is 2. The molecule has 2 aromatic carbocycles. The number of benzene rings is 2. The summed E-state index contributed by atoms with van der Waals surface area (Å²) < 4.78 is 0. The van der Waals surface area contributed by atoms with Gasteiger partial charge in [-0.25, -0.2) is 19.7 Å². The molecule has 0 unspecified atom stereocenters. The Balaban J connectivity index is 0.000000211. The molecule has 0 aliphatic carbocycles. The van der Waals surface area contributed by atoms with E-state index < -0.39 is 11.0 Å². The van der Waals surface area contributed by atoms with E-state index in [2.05, 4.69) is 9.97 Å². The molecule has 0 atom stereocenters. The van der Waals surface area contributed by atoms with Gasteiger partial charge < -0.3 is 15.2 Å². The average Bonchev–Trinajstić information content (AvgIpc) is 3.12. The van der Waals surface area contributed by atoms with Crippen molar-refractivity contribution in [3.05, 3.63) is 70.2 Å². The van der Waals surface area contributed by atoms with Crippen molar-refractivity contribution in [3.8, 4) is 0 Å². The summed E-state index contributed by atoms with van der Waals surface area (Å²) in [5.74, 6) is 0.495. The highest BCUT2D eigenvalue weighted by molar-refractivity contribution is 7.99. The van der Waals surface area contributed by atoms with Crippen LogP contribution in [0.15, 0.2) is 58.5 Å². The smallest absolute Gasteiger partial charge is 0.416 e. The Morgan fingerprint density at radius 3 is 2.54 bits per heavy atom. The molecule has 8 nitrogen and oxygen atoms in total. The number of hydrogen-bond acceptors (Lipinski definition) is 5. The molecule has 0 spiro atoms. The maximum Gasteiger partial charge on any atom is 0.416 e. The second kappa shape index (κ2) is 8.13. The second-order valence-electron chi connectivity index (χ2n) is 5.92. The number of nitro groups is 1. The van der Waals surface area contributed by atoms with E-state index in [1.54, 1.807) is 18.7 Å². The van der Waals surface area contributed by atoms with Crippen LogP contribution in [0.25, 0.3) is 0 Å². The minimum absolute atomic E-state index is 0.0625. The Morgan fingerprint density at radius 1 is 1.25 bits per heavy atom. The number of amides is 1. The van der Waals surface area contributed by atoms with Gasteiger partial charge >= 0.3 is 11.9 Å². The molecule has 144 valence electrons. The van der Waals surface area contributed by atoms with E-state index in [1.165, 1.54) is 11.1 Å². The summed E-state index contributed by atoms with van der Waals surface area (Å²) in [4.78, 5) is 30.6. The van der Waals surface area contributed by atoms with Gasteiger partial charge in [0, 0.05) is 16.7 Å². The van der Waals surface area contributed by atoms with Gasteiger partial charge in [0.05, 0.1) is 11.4 Å². The van der Waals surface area contributed by atoms with E-state index in [1.807, 2.05) is 49.4 Å². The first-order valence-electron chi connectivity index (χ1n) is 8.50. The van der Waals surface area contributed by atoms with Gasteiger partial charge in [-0.15, -0.1) is 0 Å². The van der Waals surface area contributed by atoms with Crippen LogP contribution in [0.1, 0.15) is 18.3 Å². The van der Waals surface area contributed by atoms with E-state index in [0.29, 0.717) is 5.82 Å². The Bertz CT molecular complexity index is 1030. The van der Waals surface area contributed by atoms with Crippen molar-refractivity contribution in [2.24, 2.45) is 0 Å². The topological polar surface area (TPSA) is 112 Å². The Morgan fingerprint density at radius 2 is 1.96 bits per heavy atom. The maximum atomic E-state index is 11.7. The van der Waals surface area contributed by atoms with E-state index in [0.717, 1.165) is 33.2 Å². The van der Waals surface area contributed by atoms with Gasteiger partial charge in [0.1, 0.15) is 6.20 Å². The molecule has 0 radical (unpaired) electrons. The number of hydrogen-bond donors (Lipinski definition) is 2. The van der Waals surface area contributed by atoms with Gasteiger partial charge in [-0.3, -0.25) is 0 Å². The van der Waals surface area contributed by atoms with Crippen molar-refractivity contribution < 1.29 is 14.8 Å². The Hall–Kier alpha value is -3.33. The van der Waals surface area contributed by atoms with Crippen LogP contribution in [0.3, 0.4) is 0 Å². The number of nitrogens with one attached hydrogen (secondary N) is 1. The molecule has 4 rings (SSSR count). The summed E-state index contributed by atoms with van der Waals surface area (Å²) in [6.45, 7) is 3.70. The first-order chi connectivity index (χ1) is 13.4. The van der Waals surface area contributed by atoms with Crippen LogP contribution < -0.4 is 4.90 Å². The summed E-state index contributed by atoms with van der Waals surface area (Å²) in [6, 6.07) is 13.6. The highest BCUT2D eigenvalue weighted by atomic mass is 32.2. The lowest BCUT2D eigenvalue weighted by atomic mass is 10.1. The number of rotatable bonds is 2. The third-order valence-electron chi connectivity index (χ3n) is 4.09. The molecule has 0 saturated carbocycles. The van der Waals surface area contributed by atoms with Gasteiger partial charge in [0.2, 0.25) is 0 Å². The number of aromatic nitrogens is 2. The lowest BCUT2D eigenvalue weighted by Crippen LogP contribution is -2.27. The molecule has 2 N–H and O–H groups in total. The third-order valence-corrected chi connectivity index (χ3v) is 5.21. The minimum atomic E-state index is -0.935. The predicted octanol–water partition coefficient (Wildman–Crippen LogP) is 5.16. The minimum Gasteiger partial charge on any atom is -0.464 e. The van der Waals surface area contributed by atoms with E-state index in [-0.39, 0.29) is 5.82 Å². The molecule has 0 saturated heterocycles. The van der Waals surface area contributed by atoms with Crippen LogP contribution in [0.2, 0.25) is 0 Å². The molecule has 1 aliphatic heterocycles. The van der Waals surface area contributed by atoms with Crippen LogP contribution in [-0.4, -0.2) is 26.1 Å². The zero-order valence-corrected chi connectivity index (χ0v) is 16.1. The third kappa shape index (κ3) is 3.84. The fourth-order valence-electron chi connectivity index (χ4n) is 2.86. The quantitative estimate of drug-likeness (QED) is 0.456. The van der Waals surface area contributed by atoms with Crippen LogP contribution in [0.5, 0.6) is 0 Å². The summed E-state index contributed by atoms with van der Waals surface area (Å²) in [5, 5.41) is 19.5. The first kappa shape index (κ1) is 19.4. The number of nitrogens with zero attached hydrogens (tertiary/aromatic N) is 3. The highest BCUT2D eigenvalue weighted by Gasteiger charge is 2.29. The summed E-state index contributed by atoms with van der Waals surface area (Å²) in [5.41, 5.74) is 2.61. The SMILES string of the molecule is CCc1cccc2c1N(C(=O)O)c1ccccc1S2.Cc1ncc([N+](=O)[O-])[nH]1. The predicted molar refractivity (Wildman–Crippen MR) is 107 cm³/mol. The summed E-state index contributed by atoms with van der Waals surface area (Å²) in [7, 11) is 0. The number of imidazole rings is 1. The molecule has 1 aromatic heterocycles. The van der Waals surface area contributed by atoms with Gasteiger partial charge in [-0.05, 0) is 35.1 Å². The van der Waals surface area contributed by atoms with Gasteiger partial charge in [0.25, 0.3) is 0 Å². The number of H-pyrrole nitrogens is 1. The molecule has 0 bridgehead atoms. The van der Waals surface area contributed by atoms with Gasteiger partial charge in [-0.1, -0.05) is 43.0 Å². The molecule has 28 heavy (non-hydrogen) atoms. The second-order valence-corrected chi connectivity index (χ2v) is 7.00. The van der Waals surface area contributed by atoms with Crippen molar-refractivity contribution >= 4 is 35.0 Å². The van der Waals surface area contributed by atoms with Crippen LogP contribution in [0.4, 0.5) is 22.0 Å². The molecule has 9 heteroatoms. The Kier molecular flexibility index (Phi) is 5.65. The molecule has 0 fully saturated rings. The average molecular weight is 398 g/mol. The zero-order valence-electron chi connectivity index (χ0n) is 15.2. The number of carbonyl (C=O) groups is 1. The number of fused-ring (bicyclic) bond motifs is 2. The van der Waals surface area contributed by atoms with E-state index in [9.17, 15) is 20.0 Å². The molecule has 1 amide bonds. The standard InChI is InChI=1S/C15H13NO2S.C4H5N3O2/c1-2-10-6-5-9-13-14(10)16(15(17)18)11-7-3-4-8-12(11)19-13;1-3-5-2-4(6-3)7(8)9/h3-9H,2H2,1H3,(H,17,18);2H,1H3,(H,5,6). The van der Waals surface area contributed by atoms with Crippen molar-refractivity contribution in [1.82, 2.24) is 9.97 Å². The van der Waals surface area contributed by atoms with Crippen molar-refractivity contribution in [1.29, 1.82) is 0 Å². The summed E-state index contributed by atoms with van der Waals surface area (Å²) in [6.07, 6.45) is 1.07. The lowest BCUT2D eigenvalue weighted by molar-refractivity contribution is -0.389. The molecular weight excluding hydrogens is 380 g/mol. The van der Waals surface area contributed by atoms with Gasteiger partial charge in [-0.2, -0.15) is 0 Å². The fourth-order valence-corrected chi connectivity index (χ4v) is 3.97. The summed E-state index contributed by atoms with van der Waals surface area (Å²) >= 11 is 1.63. The van der Waals surface area contributed by atoms with Gasteiger partial charge in [0.15, 0.2) is 5.82 Å². The Labute approximate surface area is 165 Å². The van der Waals surface area contributed by atoms with E-state index >= 15 is 0 Å². The van der Waals surface area contributed by atoms with E-state index in [4.69, 9.17) is 0 Å². The molecule has 3 aromatic rings. The van der Waals surface area contributed by atoms with Crippen LogP contribution >= 0.6 is 11.8 Å². The van der Waals surface area contributed by atoms with Crippen LogP contribution in [-0.2, 0) is 6.42 Å². The van der Waals surface area contributed by atoms with Crippen molar-refractivity contribution in [2.75, 3.05) is 4.90 Å². The normalized spacial score (nSPS) is 11.7. The first-order valence-corrected chi connectivity index (χ1v) is 9.31. The zero-order chi connectivity index (χ0) is 20.3. The van der Waals surface area contributed by atoms with Crippen molar-refractivity contribution in [3.63, 3.8) is 0 Å². The number of carboxylic acid groups (broad SMARTS) is 1. The fraction of sp³-hybridized carbons (Fsp3) is 0.158. The van der Waals surface area contributed by atoms with Crippen molar-refractivity contribution in [2.45, 2.75) is 30.1 Å². The highest BCUT2D eigenvalue weighted by Crippen LogP contribution is 2.49. The molecule has 1 aliphatic rings. The number of para-hydroxylation sites is 2. The monoisotopic (exact) mass is 398 g/mol. The number of aryl methyl sites for hydroxylation is 2. The maximum absolute atomic E-state index is 11.7. The molecular formula is C19H18N4O4S. The number of aromatic amines is 1.